The van der Waals surface area contributed by atoms with E-state index in [9.17, 15) is 4.79 Å². The van der Waals surface area contributed by atoms with Crippen molar-refractivity contribution in [2.75, 3.05) is 13.2 Å². The number of carbonyl (C=O) groups excluding carboxylic acids is 1. The molecule has 1 amide bonds. The van der Waals surface area contributed by atoms with Crippen molar-refractivity contribution in [3.05, 3.63) is 35.9 Å². The molecular weight excluding hydrogens is 216 g/mol. The average molecular weight is 234 g/mol. The number of hydroxylamine groups is 2. The molecule has 1 aromatic rings. The van der Waals surface area contributed by atoms with E-state index in [1.54, 1.807) is 0 Å². The fourth-order valence-corrected chi connectivity index (χ4v) is 1.90. The monoisotopic (exact) mass is 234 g/mol. The van der Waals surface area contributed by atoms with Crippen LogP contribution in [-0.2, 0) is 16.1 Å². The van der Waals surface area contributed by atoms with Gasteiger partial charge in [0.2, 0.25) is 0 Å². The second-order valence-corrected chi connectivity index (χ2v) is 4.26. The fraction of sp³-hybridized carbons (Fsp3) is 0.462. The predicted octanol–water partition coefficient (Wildman–Crippen LogP) is 1.11. The fourth-order valence-electron chi connectivity index (χ4n) is 1.90. The maximum Gasteiger partial charge on any atom is 0.263 e. The Balaban J connectivity index is 1.80. The Labute approximate surface area is 101 Å². The third-order valence-electron chi connectivity index (χ3n) is 2.90. The van der Waals surface area contributed by atoms with Crippen LogP contribution in [0.2, 0.25) is 0 Å². The Morgan fingerprint density at radius 1 is 1.41 bits per heavy atom. The van der Waals surface area contributed by atoms with Crippen LogP contribution in [-0.4, -0.2) is 30.2 Å². The van der Waals surface area contributed by atoms with Crippen molar-refractivity contribution >= 4 is 5.91 Å². The molecule has 1 aromatic carbocycles. The van der Waals surface area contributed by atoms with E-state index in [2.05, 4.69) is 0 Å². The zero-order valence-electron chi connectivity index (χ0n) is 9.84. The summed E-state index contributed by atoms with van der Waals surface area (Å²) < 4.78 is 0. The second-order valence-electron chi connectivity index (χ2n) is 4.26. The molecule has 2 rings (SSSR count). The Bertz CT molecular complexity index is 361. The predicted molar refractivity (Wildman–Crippen MR) is 65.0 cm³/mol. The number of hydrogen-bond acceptors (Lipinski definition) is 3. The minimum Gasteiger partial charge on any atom is -0.320 e. The first-order valence-electron chi connectivity index (χ1n) is 6.01. The van der Waals surface area contributed by atoms with Crippen LogP contribution in [0.5, 0.6) is 0 Å². The number of nitrogens with zero attached hydrogens (tertiary/aromatic N) is 1. The lowest BCUT2D eigenvalue weighted by atomic mass is 10.1. The summed E-state index contributed by atoms with van der Waals surface area (Å²) in [4.78, 5) is 17.0. The van der Waals surface area contributed by atoms with Crippen molar-refractivity contribution < 1.29 is 9.63 Å². The first-order valence-corrected chi connectivity index (χ1v) is 6.01. The molecule has 17 heavy (non-hydrogen) atoms. The number of amides is 1. The normalized spacial score (nSPS) is 17.1. The number of carbonyl (C=O) groups is 1. The van der Waals surface area contributed by atoms with E-state index in [0.717, 1.165) is 12.8 Å². The second kappa shape index (κ2) is 5.80. The number of benzene rings is 1. The average Bonchev–Trinajstić information content (AvgIpc) is 2.90. The van der Waals surface area contributed by atoms with Gasteiger partial charge in [-0.1, -0.05) is 30.3 Å². The molecule has 0 aromatic heterocycles. The third kappa shape index (κ3) is 3.28. The van der Waals surface area contributed by atoms with Gasteiger partial charge in [0.05, 0.1) is 19.2 Å². The molecular formula is C13H18N2O2. The molecule has 4 nitrogen and oxygen atoms in total. The highest BCUT2D eigenvalue weighted by molar-refractivity contribution is 5.80. The molecule has 0 radical (unpaired) electrons. The highest BCUT2D eigenvalue weighted by Gasteiger charge is 2.24. The Hall–Kier alpha value is -1.39. The zero-order valence-corrected chi connectivity index (χ0v) is 9.84. The number of aryl methyl sites for hydroxylation is 1. The van der Waals surface area contributed by atoms with Gasteiger partial charge in [-0.3, -0.25) is 9.63 Å². The quantitative estimate of drug-likeness (QED) is 0.849. The maximum absolute atomic E-state index is 11.8. The van der Waals surface area contributed by atoms with Crippen molar-refractivity contribution in [1.82, 2.24) is 5.06 Å². The lowest BCUT2D eigenvalue weighted by Crippen LogP contribution is -2.42. The first-order chi connectivity index (χ1) is 8.27. The minimum atomic E-state index is -0.465. The van der Waals surface area contributed by atoms with E-state index in [0.29, 0.717) is 19.6 Å². The van der Waals surface area contributed by atoms with E-state index in [1.165, 1.54) is 10.6 Å². The molecule has 1 heterocycles. The van der Waals surface area contributed by atoms with Gasteiger partial charge < -0.3 is 5.73 Å². The SMILES string of the molecule is N[C@@H](CCc1ccccc1)C(=O)N1CCCO1. The molecule has 0 saturated carbocycles. The van der Waals surface area contributed by atoms with Crippen LogP contribution in [0.4, 0.5) is 0 Å². The van der Waals surface area contributed by atoms with E-state index < -0.39 is 6.04 Å². The van der Waals surface area contributed by atoms with Gasteiger partial charge in [0.1, 0.15) is 0 Å². The maximum atomic E-state index is 11.8. The van der Waals surface area contributed by atoms with Gasteiger partial charge in [-0.25, -0.2) is 5.06 Å². The summed E-state index contributed by atoms with van der Waals surface area (Å²) in [7, 11) is 0. The number of rotatable bonds is 4. The van der Waals surface area contributed by atoms with Crippen LogP contribution in [0.15, 0.2) is 30.3 Å². The van der Waals surface area contributed by atoms with Crippen molar-refractivity contribution in [2.24, 2.45) is 5.73 Å². The summed E-state index contributed by atoms with van der Waals surface area (Å²) in [5.74, 6) is -0.0987. The van der Waals surface area contributed by atoms with Crippen LogP contribution in [0.25, 0.3) is 0 Å². The van der Waals surface area contributed by atoms with E-state index >= 15 is 0 Å². The Kier molecular flexibility index (Phi) is 4.12. The summed E-state index contributed by atoms with van der Waals surface area (Å²) in [6, 6.07) is 9.59. The van der Waals surface area contributed by atoms with Crippen molar-refractivity contribution in [3.8, 4) is 0 Å². The molecule has 0 unspecified atom stereocenters. The van der Waals surface area contributed by atoms with Crippen LogP contribution < -0.4 is 5.73 Å². The van der Waals surface area contributed by atoms with Gasteiger partial charge in [0, 0.05) is 0 Å². The van der Waals surface area contributed by atoms with E-state index in [1.807, 2.05) is 30.3 Å². The van der Waals surface area contributed by atoms with Gasteiger partial charge in [-0.2, -0.15) is 0 Å². The summed E-state index contributed by atoms with van der Waals surface area (Å²) in [6.45, 7) is 1.29. The van der Waals surface area contributed by atoms with E-state index in [-0.39, 0.29) is 5.91 Å². The topological polar surface area (TPSA) is 55.6 Å². The highest BCUT2D eigenvalue weighted by Crippen LogP contribution is 2.09. The van der Waals surface area contributed by atoms with Crippen molar-refractivity contribution in [3.63, 3.8) is 0 Å². The molecule has 1 saturated heterocycles. The minimum absolute atomic E-state index is 0.0987. The molecule has 1 fully saturated rings. The number of hydrogen-bond donors (Lipinski definition) is 1. The van der Waals surface area contributed by atoms with Gasteiger partial charge in [0.15, 0.2) is 0 Å². The lowest BCUT2D eigenvalue weighted by molar-refractivity contribution is -0.170. The van der Waals surface area contributed by atoms with E-state index in [4.69, 9.17) is 10.6 Å². The van der Waals surface area contributed by atoms with Gasteiger partial charge in [0.25, 0.3) is 5.91 Å². The molecule has 92 valence electrons. The molecule has 1 aliphatic rings. The third-order valence-corrected chi connectivity index (χ3v) is 2.90. The summed E-state index contributed by atoms with van der Waals surface area (Å²) in [5, 5.41) is 1.40. The molecule has 0 bridgehead atoms. The summed E-state index contributed by atoms with van der Waals surface area (Å²) >= 11 is 0. The molecule has 1 aliphatic heterocycles. The Morgan fingerprint density at radius 2 is 2.18 bits per heavy atom. The van der Waals surface area contributed by atoms with Crippen LogP contribution in [0, 0.1) is 0 Å². The standard InChI is InChI=1S/C13H18N2O2/c14-12(13(16)15-9-4-10-17-15)8-7-11-5-2-1-3-6-11/h1-3,5-6,12H,4,7-10,14H2/t12-/m0/s1. The summed E-state index contributed by atoms with van der Waals surface area (Å²) in [5.41, 5.74) is 7.08. The van der Waals surface area contributed by atoms with Crippen molar-refractivity contribution in [2.45, 2.75) is 25.3 Å². The molecule has 2 N–H and O–H groups in total. The van der Waals surface area contributed by atoms with Crippen molar-refractivity contribution in [1.29, 1.82) is 0 Å². The molecule has 1 atom stereocenters. The first kappa shape index (κ1) is 12.1. The van der Waals surface area contributed by atoms with Gasteiger partial charge >= 0.3 is 0 Å². The Morgan fingerprint density at radius 3 is 2.82 bits per heavy atom. The van der Waals surface area contributed by atoms with Crippen LogP contribution in [0.1, 0.15) is 18.4 Å². The largest absolute Gasteiger partial charge is 0.320 e. The smallest absolute Gasteiger partial charge is 0.263 e. The highest BCUT2D eigenvalue weighted by atomic mass is 16.7. The molecule has 0 aliphatic carbocycles. The molecule has 4 heteroatoms. The zero-order chi connectivity index (χ0) is 12.1. The molecule has 0 spiro atoms. The van der Waals surface area contributed by atoms with Crippen LogP contribution >= 0.6 is 0 Å². The lowest BCUT2D eigenvalue weighted by Gasteiger charge is -2.18. The number of nitrogens with two attached hydrogens (primary N) is 1. The van der Waals surface area contributed by atoms with Gasteiger partial charge in [-0.05, 0) is 24.8 Å². The van der Waals surface area contributed by atoms with Gasteiger partial charge in [-0.15, -0.1) is 0 Å². The van der Waals surface area contributed by atoms with Crippen LogP contribution in [0.3, 0.4) is 0 Å². The summed E-state index contributed by atoms with van der Waals surface area (Å²) in [6.07, 6.45) is 2.38.